The standard InChI is InChI=1S/C13H20BrN/c1-10-7-12(3)13(8-11(10)2)5-6-15(4)9-14/h7-8H,5-6,9H2,1-4H3. The Morgan fingerprint density at radius 1 is 1.07 bits per heavy atom. The fourth-order valence-electron chi connectivity index (χ4n) is 1.66. The zero-order chi connectivity index (χ0) is 11.4. The second kappa shape index (κ2) is 5.66. The molecule has 0 unspecified atom stereocenters. The molecular formula is C13H20BrN. The molecule has 0 saturated carbocycles. The van der Waals surface area contributed by atoms with Gasteiger partial charge in [0, 0.05) is 6.54 Å². The highest BCUT2D eigenvalue weighted by atomic mass is 79.9. The van der Waals surface area contributed by atoms with E-state index < -0.39 is 0 Å². The first-order valence-corrected chi connectivity index (χ1v) is 6.48. The van der Waals surface area contributed by atoms with Gasteiger partial charge in [0.15, 0.2) is 0 Å². The third-order valence-electron chi connectivity index (χ3n) is 2.92. The fraction of sp³-hybridized carbons (Fsp3) is 0.538. The van der Waals surface area contributed by atoms with Crippen molar-refractivity contribution in [2.45, 2.75) is 27.2 Å². The molecule has 2 heteroatoms. The van der Waals surface area contributed by atoms with Gasteiger partial charge >= 0.3 is 0 Å². The highest BCUT2D eigenvalue weighted by Gasteiger charge is 2.03. The number of hydrogen-bond acceptors (Lipinski definition) is 1. The van der Waals surface area contributed by atoms with E-state index >= 15 is 0 Å². The average Bonchev–Trinajstić information content (AvgIpc) is 2.21. The molecule has 0 bridgehead atoms. The molecule has 0 aromatic heterocycles. The van der Waals surface area contributed by atoms with Gasteiger partial charge in [-0.3, -0.25) is 4.90 Å². The summed E-state index contributed by atoms with van der Waals surface area (Å²) in [6, 6.07) is 4.62. The number of nitrogens with zero attached hydrogens (tertiary/aromatic N) is 1. The van der Waals surface area contributed by atoms with Crippen LogP contribution in [0.1, 0.15) is 22.3 Å². The van der Waals surface area contributed by atoms with Gasteiger partial charge in [-0.1, -0.05) is 28.1 Å². The molecule has 0 saturated heterocycles. The fourth-order valence-corrected chi connectivity index (χ4v) is 1.91. The highest BCUT2D eigenvalue weighted by molar-refractivity contribution is 9.09. The van der Waals surface area contributed by atoms with Crippen molar-refractivity contribution in [3.8, 4) is 0 Å². The first kappa shape index (κ1) is 12.7. The maximum Gasteiger partial charge on any atom is 0.0539 e. The van der Waals surface area contributed by atoms with E-state index in [4.69, 9.17) is 0 Å². The van der Waals surface area contributed by atoms with Gasteiger partial charge in [0.2, 0.25) is 0 Å². The predicted octanol–water partition coefficient (Wildman–Crippen LogP) is 3.44. The van der Waals surface area contributed by atoms with E-state index in [0.29, 0.717) is 0 Å². The number of halogens is 1. The Morgan fingerprint density at radius 3 is 2.27 bits per heavy atom. The van der Waals surface area contributed by atoms with E-state index in [2.05, 4.69) is 60.8 Å². The van der Waals surface area contributed by atoms with E-state index in [-0.39, 0.29) is 0 Å². The van der Waals surface area contributed by atoms with Crippen LogP contribution in [0.3, 0.4) is 0 Å². The highest BCUT2D eigenvalue weighted by Crippen LogP contribution is 2.16. The van der Waals surface area contributed by atoms with Gasteiger partial charge in [-0.05, 0) is 56.5 Å². The van der Waals surface area contributed by atoms with Crippen LogP contribution >= 0.6 is 15.9 Å². The topological polar surface area (TPSA) is 3.24 Å². The van der Waals surface area contributed by atoms with Crippen molar-refractivity contribution < 1.29 is 0 Å². The Kier molecular flexibility index (Phi) is 4.81. The van der Waals surface area contributed by atoms with Crippen molar-refractivity contribution >= 4 is 15.9 Å². The van der Waals surface area contributed by atoms with Crippen LogP contribution in [-0.2, 0) is 6.42 Å². The minimum absolute atomic E-state index is 0.941. The lowest BCUT2D eigenvalue weighted by atomic mass is 9.99. The van der Waals surface area contributed by atoms with Crippen LogP contribution in [0.2, 0.25) is 0 Å². The Morgan fingerprint density at radius 2 is 1.67 bits per heavy atom. The van der Waals surface area contributed by atoms with Crippen LogP contribution in [0, 0.1) is 20.8 Å². The van der Waals surface area contributed by atoms with Gasteiger partial charge in [-0.15, -0.1) is 0 Å². The van der Waals surface area contributed by atoms with Crippen molar-refractivity contribution in [2.75, 3.05) is 19.0 Å². The summed E-state index contributed by atoms with van der Waals surface area (Å²) in [5.74, 6) is 0. The van der Waals surface area contributed by atoms with Gasteiger partial charge in [-0.2, -0.15) is 0 Å². The normalized spacial score (nSPS) is 11.1. The summed E-state index contributed by atoms with van der Waals surface area (Å²) in [7, 11) is 2.13. The lowest BCUT2D eigenvalue weighted by Crippen LogP contribution is -2.19. The largest absolute Gasteiger partial charge is 0.296 e. The Balaban J connectivity index is 2.73. The SMILES string of the molecule is Cc1cc(C)c(CCN(C)CBr)cc1C. The minimum Gasteiger partial charge on any atom is -0.296 e. The summed E-state index contributed by atoms with van der Waals surface area (Å²) in [6.07, 6.45) is 1.13. The van der Waals surface area contributed by atoms with Crippen LogP contribution in [0.4, 0.5) is 0 Å². The zero-order valence-electron chi connectivity index (χ0n) is 10.1. The molecule has 0 N–H and O–H groups in total. The molecule has 0 amide bonds. The Hall–Kier alpha value is -0.340. The van der Waals surface area contributed by atoms with Crippen LogP contribution < -0.4 is 0 Å². The second-order valence-corrected chi connectivity index (χ2v) is 4.81. The number of likely N-dealkylation sites (N-methyl/N-ethyl adjacent to an activating group) is 1. The molecule has 0 radical (unpaired) electrons. The number of benzene rings is 1. The summed E-state index contributed by atoms with van der Waals surface area (Å²) in [5, 5.41) is 0. The van der Waals surface area contributed by atoms with Gasteiger partial charge in [0.25, 0.3) is 0 Å². The number of alkyl halides is 1. The van der Waals surface area contributed by atoms with E-state index in [9.17, 15) is 0 Å². The molecule has 84 valence electrons. The first-order valence-electron chi connectivity index (χ1n) is 5.36. The first-order chi connectivity index (χ1) is 7.04. The average molecular weight is 270 g/mol. The molecule has 0 atom stereocenters. The second-order valence-electron chi connectivity index (χ2n) is 4.31. The van der Waals surface area contributed by atoms with Crippen molar-refractivity contribution in [1.29, 1.82) is 0 Å². The van der Waals surface area contributed by atoms with Crippen molar-refractivity contribution in [3.05, 3.63) is 34.4 Å². The summed E-state index contributed by atoms with van der Waals surface area (Å²) in [4.78, 5) is 2.27. The zero-order valence-corrected chi connectivity index (χ0v) is 11.7. The molecule has 1 aromatic rings. The summed E-state index contributed by atoms with van der Waals surface area (Å²) >= 11 is 3.46. The van der Waals surface area contributed by atoms with Gasteiger partial charge < -0.3 is 0 Å². The maximum absolute atomic E-state index is 3.46. The summed E-state index contributed by atoms with van der Waals surface area (Å²) < 4.78 is 0. The van der Waals surface area contributed by atoms with Gasteiger partial charge in [0.1, 0.15) is 0 Å². The third-order valence-corrected chi connectivity index (χ3v) is 3.78. The number of hydrogen-bond donors (Lipinski definition) is 0. The van der Waals surface area contributed by atoms with Gasteiger partial charge in [-0.25, -0.2) is 0 Å². The van der Waals surface area contributed by atoms with E-state index in [1.807, 2.05) is 0 Å². The number of aryl methyl sites for hydroxylation is 3. The van der Waals surface area contributed by atoms with Crippen molar-refractivity contribution in [1.82, 2.24) is 4.90 Å². The molecule has 0 fully saturated rings. The third kappa shape index (κ3) is 3.62. The van der Waals surface area contributed by atoms with Crippen LogP contribution in [0.5, 0.6) is 0 Å². The van der Waals surface area contributed by atoms with Crippen LogP contribution in [0.15, 0.2) is 12.1 Å². The molecule has 0 aliphatic rings. The predicted molar refractivity (Wildman–Crippen MR) is 70.8 cm³/mol. The lowest BCUT2D eigenvalue weighted by molar-refractivity contribution is 0.401. The maximum atomic E-state index is 3.46. The molecule has 0 aliphatic carbocycles. The van der Waals surface area contributed by atoms with Gasteiger partial charge in [0.05, 0.1) is 5.45 Å². The Bertz CT molecular complexity index is 334. The molecule has 1 nitrogen and oxygen atoms in total. The number of rotatable bonds is 4. The monoisotopic (exact) mass is 269 g/mol. The Labute approximate surface area is 102 Å². The molecule has 1 aromatic carbocycles. The molecule has 15 heavy (non-hydrogen) atoms. The smallest absolute Gasteiger partial charge is 0.0539 e. The van der Waals surface area contributed by atoms with Crippen LogP contribution in [0.25, 0.3) is 0 Å². The quantitative estimate of drug-likeness (QED) is 0.598. The molecular weight excluding hydrogens is 250 g/mol. The minimum atomic E-state index is 0.941. The van der Waals surface area contributed by atoms with E-state index in [1.165, 1.54) is 22.3 Å². The molecule has 0 heterocycles. The lowest BCUT2D eigenvalue weighted by Gasteiger charge is -2.15. The van der Waals surface area contributed by atoms with E-state index in [1.54, 1.807) is 0 Å². The molecule has 0 aliphatic heterocycles. The van der Waals surface area contributed by atoms with Crippen molar-refractivity contribution in [3.63, 3.8) is 0 Å². The van der Waals surface area contributed by atoms with Crippen LogP contribution in [-0.4, -0.2) is 23.9 Å². The summed E-state index contributed by atoms with van der Waals surface area (Å²) in [5.41, 5.74) is 6.63. The summed E-state index contributed by atoms with van der Waals surface area (Å²) in [6.45, 7) is 7.67. The van der Waals surface area contributed by atoms with E-state index in [0.717, 1.165) is 18.4 Å². The van der Waals surface area contributed by atoms with Crippen molar-refractivity contribution in [2.24, 2.45) is 0 Å². The molecule has 0 spiro atoms. The molecule has 1 rings (SSSR count).